The molecule has 0 aromatic rings. The molecule has 0 heterocycles. The third kappa shape index (κ3) is 2.96. The number of methoxy groups -OCH3 is 2. The molecular weight excluding hydrogens is 108 g/mol. The molecule has 0 unspecified atom stereocenters. The van der Waals surface area contributed by atoms with Gasteiger partial charge in [0.25, 0.3) is 6.48 Å². The largest absolute Gasteiger partial charge is 0.333 e. The third-order valence-electron chi connectivity index (χ3n) is 0.688. The van der Waals surface area contributed by atoms with E-state index in [4.69, 9.17) is 14.2 Å². The zero-order valence-electron chi connectivity index (χ0n) is 5.51. The van der Waals surface area contributed by atoms with Crippen LogP contribution in [0.1, 0.15) is 6.92 Å². The molecule has 0 bridgehead atoms. The van der Waals surface area contributed by atoms with Crippen LogP contribution in [0.3, 0.4) is 0 Å². The summed E-state index contributed by atoms with van der Waals surface area (Å²) < 4.78 is 14.3. The Hall–Kier alpha value is -0.120. The summed E-state index contributed by atoms with van der Waals surface area (Å²) in [5.74, 6) is 0. The van der Waals surface area contributed by atoms with Crippen molar-refractivity contribution in [3.63, 3.8) is 0 Å². The zero-order chi connectivity index (χ0) is 6.41. The zero-order valence-corrected chi connectivity index (χ0v) is 5.51. The van der Waals surface area contributed by atoms with E-state index in [1.807, 2.05) is 6.92 Å². The Labute approximate surface area is 49.5 Å². The van der Waals surface area contributed by atoms with Gasteiger partial charge in [0.2, 0.25) is 0 Å². The molecule has 0 spiro atoms. The molecule has 0 aliphatic carbocycles. The van der Waals surface area contributed by atoms with E-state index in [0.717, 1.165) is 0 Å². The summed E-state index contributed by atoms with van der Waals surface area (Å²) in [5.41, 5.74) is 0. The fraction of sp³-hybridized carbons (Fsp3) is 1.00. The van der Waals surface area contributed by atoms with Crippen LogP contribution in [0.15, 0.2) is 0 Å². The first kappa shape index (κ1) is 7.88. The van der Waals surface area contributed by atoms with Crippen LogP contribution in [0.5, 0.6) is 0 Å². The van der Waals surface area contributed by atoms with Crippen LogP contribution in [0.25, 0.3) is 0 Å². The number of ether oxygens (including phenoxy) is 3. The van der Waals surface area contributed by atoms with Gasteiger partial charge in [-0.2, -0.15) is 0 Å². The van der Waals surface area contributed by atoms with Gasteiger partial charge in [0.05, 0.1) is 0 Å². The Morgan fingerprint density at radius 2 is 1.75 bits per heavy atom. The second kappa shape index (κ2) is 5.03. The lowest BCUT2D eigenvalue weighted by Gasteiger charge is -2.11. The van der Waals surface area contributed by atoms with Crippen LogP contribution >= 0.6 is 0 Å². The second-order valence-corrected chi connectivity index (χ2v) is 1.22. The van der Waals surface area contributed by atoms with Crippen molar-refractivity contribution < 1.29 is 14.2 Å². The van der Waals surface area contributed by atoms with E-state index < -0.39 is 6.48 Å². The van der Waals surface area contributed by atoms with Crippen molar-refractivity contribution in [1.29, 1.82) is 0 Å². The molecule has 0 aromatic heterocycles. The van der Waals surface area contributed by atoms with Crippen molar-refractivity contribution in [3.8, 4) is 0 Å². The van der Waals surface area contributed by atoms with Crippen LogP contribution in [-0.4, -0.2) is 27.3 Å². The monoisotopic (exact) mass is 120 g/mol. The van der Waals surface area contributed by atoms with Crippen molar-refractivity contribution >= 4 is 0 Å². The van der Waals surface area contributed by atoms with Gasteiger partial charge in [-0.3, -0.25) is 0 Å². The van der Waals surface area contributed by atoms with Crippen molar-refractivity contribution in [3.05, 3.63) is 0 Å². The molecule has 0 aliphatic heterocycles. The fourth-order valence-corrected chi connectivity index (χ4v) is 0.368. The van der Waals surface area contributed by atoms with Gasteiger partial charge in [0.1, 0.15) is 0 Å². The Balaban J connectivity index is 3.07. The summed E-state index contributed by atoms with van der Waals surface area (Å²) in [7, 11) is 3.06. The normalized spacial score (nSPS) is 10.5. The first-order chi connectivity index (χ1) is 3.85. The van der Waals surface area contributed by atoms with E-state index in [1.165, 1.54) is 14.2 Å². The van der Waals surface area contributed by atoms with Crippen molar-refractivity contribution in [2.75, 3.05) is 20.8 Å². The standard InChI is InChI=1S/C5H12O3/c1-4-8-5(6-2)7-3/h5H,4H2,1-3H3. The lowest BCUT2D eigenvalue weighted by atomic mass is 10.9. The molecule has 3 heteroatoms. The minimum Gasteiger partial charge on any atom is -0.333 e. The summed E-state index contributed by atoms with van der Waals surface area (Å²) in [6.07, 6.45) is 0. The van der Waals surface area contributed by atoms with E-state index in [2.05, 4.69) is 0 Å². The molecule has 0 amide bonds. The molecule has 50 valence electrons. The van der Waals surface area contributed by atoms with E-state index in [1.54, 1.807) is 0 Å². The maximum Gasteiger partial charge on any atom is 0.271 e. The molecule has 0 aliphatic rings. The predicted molar refractivity (Wildman–Crippen MR) is 29.4 cm³/mol. The summed E-state index contributed by atoms with van der Waals surface area (Å²) in [6, 6.07) is 0. The SMILES string of the molecule is CCOC(OC)OC. The van der Waals surface area contributed by atoms with Crippen LogP contribution < -0.4 is 0 Å². The Morgan fingerprint density at radius 3 is 1.88 bits per heavy atom. The highest BCUT2D eigenvalue weighted by atomic mass is 16.8. The van der Waals surface area contributed by atoms with Gasteiger partial charge in [-0.1, -0.05) is 0 Å². The van der Waals surface area contributed by atoms with E-state index in [9.17, 15) is 0 Å². The summed E-state index contributed by atoms with van der Waals surface area (Å²) >= 11 is 0. The molecule has 0 rings (SSSR count). The lowest BCUT2D eigenvalue weighted by molar-refractivity contribution is -0.263. The summed E-state index contributed by atoms with van der Waals surface area (Å²) in [6.45, 7) is 1.98. The van der Waals surface area contributed by atoms with Crippen LogP contribution in [0, 0.1) is 0 Å². The average Bonchev–Trinajstić information content (AvgIpc) is 1.83. The Kier molecular flexibility index (Phi) is 4.95. The van der Waals surface area contributed by atoms with E-state index in [-0.39, 0.29) is 0 Å². The predicted octanol–water partition coefficient (Wildman–Crippen LogP) is 0.599. The molecule has 0 saturated carbocycles. The quantitative estimate of drug-likeness (QED) is 0.508. The summed E-state index contributed by atoms with van der Waals surface area (Å²) in [5, 5.41) is 0. The topological polar surface area (TPSA) is 27.7 Å². The molecule has 0 radical (unpaired) electrons. The first-order valence-corrected chi connectivity index (χ1v) is 2.52. The second-order valence-electron chi connectivity index (χ2n) is 1.22. The van der Waals surface area contributed by atoms with Crippen LogP contribution in [0.2, 0.25) is 0 Å². The highest BCUT2D eigenvalue weighted by Crippen LogP contribution is 1.90. The number of hydrogen-bond donors (Lipinski definition) is 0. The fourth-order valence-electron chi connectivity index (χ4n) is 0.368. The molecule has 0 N–H and O–H groups in total. The van der Waals surface area contributed by atoms with Gasteiger partial charge in [0, 0.05) is 20.8 Å². The maximum atomic E-state index is 4.90. The van der Waals surface area contributed by atoms with E-state index >= 15 is 0 Å². The van der Waals surface area contributed by atoms with Crippen molar-refractivity contribution in [2.45, 2.75) is 13.4 Å². The highest BCUT2D eigenvalue weighted by Gasteiger charge is 1.99. The summed E-state index contributed by atoms with van der Waals surface area (Å²) in [4.78, 5) is 0. The Bertz CT molecular complexity index is 42.9. The maximum absolute atomic E-state index is 4.90. The van der Waals surface area contributed by atoms with Gasteiger partial charge in [-0.15, -0.1) is 0 Å². The van der Waals surface area contributed by atoms with Crippen LogP contribution in [0.4, 0.5) is 0 Å². The lowest BCUT2D eigenvalue weighted by Crippen LogP contribution is -2.16. The van der Waals surface area contributed by atoms with Gasteiger partial charge in [0.15, 0.2) is 0 Å². The van der Waals surface area contributed by atoms with Gasteiger partial charge < -0.3 is 14.2 Å². The van der Waals surface area contributed by atoms with Crippen molar-refractivity contribution in [2.24, 2.45) is 0 Å². The number of rotatable bonds is 4. The van der Waals surface area contributed by atoms with Crippen LogP contribution in [-0.2, 0) is 14.2 Å². The first-order valence-electron chi connectivity index (χ1n) is 2.52. The molecular formula is C5H12O3. The molecule has 0 saturated heterocycles. The molecule has 0 atom stereocenters. The van der Waals surface area contributed by atoms with Gasteiger partial charge in [-0.05, 0) is 6.92 Å². The minimum atomic E-state index is -0.500. The average molecular weight is 120 g/mol. The Morgan fingerprint density at radius 1 is 1.25 bits per heavy atom. The van der Waals surface area contributed by atoms with Gasteiger partial charge >= 0.3 is 0 Å². The number of hydrogen-bond acceptors (Lipinski definition) is 3. The minimum absolute atomic E-state index is 0.500. The smallest absolute Gasteiger partial charge is 0.271 e. The molecule has 8 heavy (non-hydrogen) atoms. The highest BCUT2D eigenvalue weighted by molar-refractivity contribution is 4.15. The van der Waals surface area contributed by atoms with Crippen molar-refractivity contribution in [1.82, 2.24) is 0 Å². The molecule has 0 fully saturated rings. The van der Waals surface area contributed by atoms with Gasteiger partial charge in [-0.25, -0.2) is 0 Å². The molecule has 3 nitrogen and oxygen atoms in total. The third-order valence-corrected chi connectivity index (χ3v) is 0.688. The molecule has 0 aromatic carbocycles. The van der Waals surface area contributed by atoms with E-state index in [0.29, 0.717) is 6.61 Å².